The van der Waals surface area contributed by atoms with Crippen LogP contribution in [0.5, 0.6) is 0 Å². The first-order valence-corrected chi connectivity index (χ1v) is 10.7. The monoisotopic (exact) mass is 401 g/mol. The van der Waals surface area contributed by atoms with E-state index in [9.17, 15) is 14.4 Å². The maximum Gasteiger partial charge on any atom is 0.411 e. The summed E-state index contributed by atoms with van der Waals surface area (Å²) in [4.78, 5) is 40.9. The average Bonchev–Trinajstić information content (AvgIpc) is 3.03. The quantitative estimate of drug-likeness (QED) is 0.837. The first-order valence-electron chi connectivity index (χ1n) is 10.7. The van der Waals surface area contributed by atoms with Gasteiger partial charge in [0.05, 0.1) is 6.61 Å². The van der Waals surface area contributed by atoms with E-state index in [2.05, 4.69) is 5.32 Å². The van der Waals surface area contributed by atoms with E-state index in [0.717, 1.165) is 38.8 Å². The number of amides is 3. The van der Waals surface area contributed by atoms with Crippen LogP contribution in [0.2, 0.25) is 0 Å². The summed E-state index contributed by atoms with van der Waals surface area (Å²) in [7, 11) is 0. The fraction of sp³-hybridized carbons (Fsp3) is 0.591. The molecule has 2 aliphatic rings. The molecule has 2 aliphatic heterocycles. The van der Waals surface area contributed by atoms with Gasteiger partial charge in [-0.3, -0.25) is 14.9 Å². The summed E-state index contributed by atoms with van der Waals surface area (Å²) >= 11 is 0. The summed E-state index contributed by atoms with van der Waals surface area (Å²) in [6.45, 7) is 5.01. The van der Waals surface area contributed by atoms with Crippen LogP contribution in [0.1, 0.15) is 55.8 Å². The molecule has 29 heavy (non-hydrogen) atoms. The van der Waals surface area contributed by atoms with Crippen molar-refractivity contribution < 1.29 is 19.1 Å². The van der Waals surface area contributed by atoms with Crippen LogP contribution in [0.4, 0.5) is 10.5 Å². The van der Waals surface area contributed by atoms with Crippen molar-refractivity contribution in [2.75, 3.05) is 38.1 Å². The molecule has 0 spiro atoms. The normalized spacial score (nSPS) is 18.1. The Hall–Kier alpha value is -2.57. The molecule has 1 aromatic rings. The van der Waals surface area contributed by atoms with E-state index in [1.54, 1.807) is 31.2 Å². The molecule has 158 valence electrons. The van der Waals surface area contributed by atoms with E-state index in [1.165, 1.54) is 12.8 Å². The number of hydrogen-bond donors (Lipinski definition) is 1. The lowest BCUT2D eigenvalue weighted by atomic mass is 9.94. The van der Waals surface area contributed by atoms with Gasteiger partial charge in [-0.05, 0) is 56.9 Å². The molecule has 0 unspecified atom stereocenters. The number of hydrogen-bond acceptors (Lipinski definition) is 4. The van der Waals surface area contributed by atoms with Crippen molar-refractivity contribution in [1.29, 1.82) is 0 Å². The molecule has 0 aromatic heterocycles. The Kier molecular flexibility index (Phi) is 7.49. The molecule has 2 fully saturated rings. The fourth-order valence-electron chi connectivity index (χ4n) is 4.04. The topological polar surface area (TPSA) is 79.0 Å². The Morgan fingerprint density at radius 1 is 0.931 bits per heavy atom. The van der Waals surface area contributed by atoms with E-state index >= 15 is 0 Å². The highest BCUT2D eigenvalue weighted by Gasteiger charge is 2.30. The van der Waals surface area contributed by atoms with Gasteiger partial charge in [0.15, 0.2) is 0 Å². The van der Waals surface area contributed by atoms with Crippen molar-refractivity contribution in [1.82, 2.24) is 9.80 Å². The summed E-state index contributed by atoms with van der Waals surface area (Å²) in [5.74, 6) is 0.273. The predicted molar refractivity (Wildman–Crippen MR) is 111 cm³/mol. The van der Waals surface area contributed by atoms with Crippen molar-refractivity contribution in [2.45, 2.75) is 45.4 Å². The molecule has 0 saturated carbocycles. The maximum absolute atomic E-state index is 12.8. The molecule has 0 radical (unpaired) electrons. The van der Waals surface area contributed by atoms with Crippen LogP contribution in [-0.4, -0.2) is 60.5 Å². The molecular formula is C22H31N3O4. The highest BCUT2D eigenvalue weighted by Crippen LogP contribution is 2.23. The van der Waals surface area contributed by atoms with Crippen molar-refractivity contribution >= 4 is 23.6 Å². The SMILES string of the molecule is CCOC(=O)Nc1ccc(C(=O)N2CCC(C(=O)N3CCCCCC3)CC2)cc1. The Labute approximate surface area is 172 Å². The number of benzene rings is 1. The van der Waals surface area contributed by atoms with Crippen LogP contribution in [0.25, 0.3) is 0 Å². The van der Waals surface area contributed by atoms with E-state index in [4.69, 9.17) is 4.74 Å². The second kappa shape index (κ2) is 10.3. The minimum absolute atomic E-state index is 0.0339. The first-order chi connectivity index (χ1) is 14.1. The number of anilines is 1. The summed E-state index contributed by atoms with van der Waals surface area (Å²) in [5.41, 5.74) is 1.17. The van der Waals surface area contributed by atoms with Crippen LogP contribution < -0.4 is 5.32 Å². The molecule has 3 amide bonds. The Balaban J connectivity index is 1.50. The smallest absolute Gasteiger partial charge is 0.411 e. The van der Waals surface area contributed by atoms with E-state index in [0.29, 0.717) is 30.9 Å². The molecule has 0 bridgehead atoms. The van der Waals surface area contributed by atoms with Crippen molar-refractivity contribution in [3.63, 3.8) is 0 Å². The van der Waals surface area contributed by atoms with Crippen molar-refractivity contribution in [3.8, 4) is 0 Å². The van der Waals surface area contributed by atoms with Crippen LogP contribution in [0.3, 0.4) is 0 Å². The van der Waals surface area contributed by atoms with Crippen molar-refractivity contribution in [2.24, 2.45) is 5.92 Å². The summed E-state index contributed by atoms with van der Waals surface area (Å²) in [6.07, 6.45) is 5.57. The summed E-state index contributed by atoms with van der Waals surface area (Å²) in [6, 6.07) is 6.80. The molecular weight excluding hydrogens is 370 g/mol. The van der Waals surface area contributed by atoms with Crippen LogP contribution >= 0.6 is 0 Å². The Morgan fingerprint density at radius 2 is 1.55 bits per heavy atom. The number of likely N-dealkylation sites (tertiary alicyclic amines) is 2. The average molecular weight is 402 g/mol. The number of nitrogens with one attached hydrogen (secondary N) is 1. The van der Waals surface area contributed by atoms with Gasteiger partial charge in [0.2, 0.25) is 5.91 Å². The molecule has 7 nitrogen and oxygen atoms in total. The number of ether oxygens (including phenoxy) is 1. The minimum Gasteiger partial charge on any atom is -0.450 e. The number of nitrogens with zero attached hydrogens (tertiary/aromatic N) is 2. The molecule has 0 aliphatic carbocycles. The maximum atomic E-state index is 12.8. The van der Waals surface area contributed by atoms with Gasteiger partial charge in [-0.25, -0.2) is 4.79 Å². The zero-order chi connectivity index (χ0) is 20.6. The molecule has 1 N–H and O–H groups in total. The van der Waals surface area contributed by atoms with Crippen LogP contribution in [0.15, 0.2) is 24.3 Å². The van der Waals surface area contributed by atoms with Gasteiger partial charge in [0.25, 0.3) is 5.91 Å². The largest absolute Gasteiger partial charge is 0.450 e. The summed E-state index contributed by atoms with van der Waals surface area (Å²) < 4.78 is 4.84. The second-order valence-electron chi connectivity index (χ2n) is 7.73. The number of rotatable bonds is 4. The third-order valence-corrected chi connectivity index (χ3v) is 5.70. The molecule has 1 aromatic carbocycles. The zero-order valence-corrected chi connectivity index (χ0v) is 17.2. The molecule has 7 heteroatoms. The van der Waals surface area contributed by atoms with E-state index in [-0.39, 0.29) is 17.7 Å². The summed E-state index contributed by atoms with van der Waals surface area (Å²) in [5, 5.41) is 2.61. The molecule has 0 atom stereocenters. The lowest BCUT2D eigenvalue weighted by Gasteiger charge is -2.34. The molecule has 2 heterocycles. The van der Waals surface area contributed by atoms with Gasteiger partial charge < -0.3 is 14.5 Å². The number of piperidine rings is 1. The Morgan fingerprint density at radius 3 is 2.14 bits per heavy atom. The zero-order valence-electron chi connectivity index (χ0n) is 17.2. The Bertz CT molecular complexity index is 703. The lowest BCUT2D eigenvalue weighted by molar-refractivity contribution is -0.136. The third-order valence-electron chi connectivity index (χ3n) is 5.70. The number of carbonyl (C=O) groups excluding carboxylic acids is 3. The molecule has 2 saturated heterocycles. The van der Waals surface area contributed by atoms with Gasteiger partial charge in [-0.15, -0.1) is 0 Å². The standard InChI is InChI=1S/C22H31N3O4/c1-2-29-22(28)23-19-9-7-17(8-10-19)20(26)25-15-11-18(12-16-25)21(27)24-13-5-3-4-6-14-24/h7-10,18H,2-6,11-16H2,1H3,(H,23,28). The minimum atomic E-state index is -0.511. The van der Waals surface area contributed by atoms with Gasteiger partial charge in [0, 0.05) is 43.3 Å². The van der Waals surface area contributed by atoms with Gasteiger partial charge in [-0.1, -0.05) is 12.8 Å². The third kappa shape index (κ3) is 5.71. The fourth-order valence-corrected chi connectivity index (χ4v) is 4.04. The first kappa shape index (κ1) is 21.1. The van der Waals surface area contributed by atoms with Gasteiger partial charge in [-0.2, -0.15) is 0 Å². The highest BCUT2D eigenvalue weighted by atomic mass is 16.5. The second-order valence-corrected chi connectivity index (χ2v) is 7.73. The van der Waals surface area contributed by atoms with E-state index in [1.807, 2.05) is 9.80 Å². The van der Waals surface area contributed by atoms with Gasteiger partial charge >= 0.3 is 6.09 Å². The van der Waals surface area contributed by atoms with E-state index < -0.39 is 6.09 Å². The van der Waals surface area contributed by atoms with Crippen LogP contribution in [0, 0.1) is 5.92 Å². The predicted octanol–water partition coefficient (Wildman–Crippen LogP) is 3.51. The number of carbonyl (C=O) groups is 3. The lowest BCUT2D eigenvalue weighted by Crippen LogP contribution is -2.44. The van der Waals surface area contributed by atoms with Gasteiger partial charge in [0.1, 0.15) is 0 Å². The highest BCUT2D eigenvalue weighted by molar-refractivity contribution is 5.95. The van der Waals surface area contributed by atoms with Crippen molar-refractivity contribution in [3.05, 3.63) is 29.8 Å². The van der Waals surface area contributed by atoms with Crippen LogP contribution in [-0.2, 0) is 9.53 Å². The molecule has 3 rings (SSSR count).